The molecular weight excluding hydrogens is 312 g/mol. The minimum atomic E-state index is -1.99. The summed E-state index contributed by atoms with van der Waals surface area (Å²) >= 11 is 0. The van der Waals surface area contributed by atoms with E-state index in [1.165, 1.54) is 10.8 Å². The Balaban J connectivity index is 3.71. The van der Waals surface area contributed by atoms with E-state index in [1.54, 1.807) is 0 Å². The molecule has 1 aliphatic rings. The molecular formula is C21H38O2Si. The molecule has 0 spiro atoms. The summed E-state index contributed by atoms with van der Waals surface area (Å²) in [4.78, 5) is 13.8. The second-order valence-corrected chi connectivity index (χ2v) is 14.1. The van der Waals surface area contributed by atoms with E-state index >= 15 is 0 Å². The topological polar surface area (TPSA) is 26.3 Å². The van der Waals surface area contributed by atoms with Crippen LogP contribution in [0, 0.1) is 5.92 Å². The second kappa shape index (κ2) is 7.70. The number of ether oxygens (including phenoxy) is 1. The average Bonchev–Trinajstić information content (AvgIpc) is 2.64. The van der Waals surface area contributed by atoms with E-state index in [-0.39, 0.29) is 11.7 Å². The summed E-state index contributed by atoms with van der Waals surface area (Å²) in [6.45, 7) is 22.8. The standard InChI is InChI=1S/C21H38O2Si/c1-11-13-21(23-12-2)18(10)17(9)19(20(21)22)24(14(3)4,15(5)6)16(7)8/h11,13-16,18H,12H2,1-10H3/b13-11+/t18-,21-/m1/s1. The summed E-state index contributed by atoms with van der Waals surface area (Å²) in [6, 6.07) is 0. The summed E-state index contributed by atoms with van der Waals surface area (Å²) in [5, 5.41) is 1.17. The van der Waals surface area contributed by atoms with Crippen LogP contribution in [-0.2, 0) is 9.53 Å². The number of rotatable bonds is 7. The number of allylic oxidation sites excluding steroid dienone is 1. The number of carbonyl (C=O) groups excluding carboxylic acids is 1. The zero-order chi connectivity index (χ0) is 18.9. The van der Waals surface area contributed by atoms with Gasteiger partial charge >= 0.3 is 0 Å². The molecule has 24 heavy (non-hydrogen) atoms. The van der Waals surface area contributed by atoms with Gasteiger partial charge in [-0.3, -0.25) is 4.79 Å². The van der Waals surface area contributed by atoms with Crippen molar-refractivity contribution < 1.29 is 9.53 Å². The lowest BCUT2D eigenvalue weighted by molar-refractivity contribution is -0.135. The minimum absolute atomic E-state index is 0.110. The first kappa shape index (κ1) is 21.4. The van der Waals surface area contributed by atoms with Crippen molar-refractivity contribution in [3.05, 3.63) is 22.9 Å². The van der Waals surface area contributed by atoms with Crippen LogP contribution in [0.3, 0.4) is 0 Å². The van der Waals surface area contributed by atoms with Gasteiger partial charge in [-0.1, -0.05) is 60.1 Å². The Morgan fingerprint density at radius 2 is 1.58 bits per heavy atom. The van der Waals surface area contributed by atoms with Gasteiger partial charge in [-0.05, 0) is 48.7 Å². The van der Waals surface area contributed by atoms with E-state index in [0.29, 0.717) is 23.2 Å². The normalized spacial score (nSPS) is 26.0. The fourth-order valence-electron chi connectivity index (χ4n) is 5.46. The van der Waals surface area contributed by atoms with Crippen LogP contribution in [0.1, 0.15) is 69.2 Å². The van der Waals surface area contributed by atoms with Crippen molar-refractivity contribution in [1.82, 2.24) is 0 Å². The summed E-state index contributed by atoms with van der Waals surface area (Å²) in [6.07, 6.45) is 3.98. The molecule has 0 aromatic heterocycles. The van der Waals surface area contributed by atoms with Crippen molar-refractivity contribution in [2.75, 3.05) is 6.61 Å². The molecule has 1 aliphatic carbocycles. The lowest BCUT2D eigenvalue weighted by atomic mass is 9.87. The van der Waals surface area contributed by atoms with E-state index in [2.05, 4.69) is 55.4 Å². The van der Waals surface area contributed by atoms with Gasteiger partial charge < -0.3 is 4.74 Å². The molecule has 0 saturated heterocycles. The third-order valence-electron chi connectivity index (χ3n) is 6.37. The molecule has 0 aromatic carbocycles. The second-order valence-electron chi connectivity index (χ2n) is 8.23. The molecule has 2 nitrogen and oxygen atoms in total. The predicted octanol–water partition coefficient (Wildman–Crippen LogP) is 6.09. The predicted molar refractivity (Wildman–Crippen MR) is 107 cm³/mol. The van der Waals surface area contributed by atoms with Gasteiger partial charge in [-0.2, -0.15) is 0 Å². The molecule has 0 aromatic rings. The molecule has 0 saturated carbocycles. The first-order chi connectivity index (χ1) is 11.0. The van der Waals surface area contributed by atoms with Crippen molar-refractivity contribution in [3.63, 3.8) is 0 Å². The molecule has 0 fully saturated rings. The molecule has 0 amide bonds. The lowest BCUT2D eigenvalue weighted by Crippen LogP contribution is -2.52. The highest BCUT2D eigenvalue weighted by Crippen LogP contribution is 2.54. The van der Waals surface area contributed by atoms with E-state index in [0.717, 1.165) is 0 Å². The Hall–Kier alpha value is -0.673. The van der Waals surface area contributed by atoms with Gasteiger partial charge in [0.25, 0.3) is 0 Å². The molecule has 1 rings (SSSR count). The van der Waals surface area contributed by atoms with Crippen molar-refractivity contribution in [2.45, 2.75) is 91.5 Å². The van der Waals surface area contributed by atoms with E-state index in [4.69, 9.17) is 4.74 Å². The van der Waals surface area contributed by atoms with Crippen LogP contribution in [0.25, 0.3) is 0 Å². The Bertz CT molecular complexity index is 506. The maximum atomic E-state index is 13.8. The number of carbonyl (C=O) groups is 1. The Labute approximate surface area is 150 Å². The third-order valence-corrected chi connectivity index (χ3v) is 13.6. The van der Waals surface area contributed by atoms with Crippen molar-refractivity contribution in [3.8, 4) is 0 Å². The summed E-state index contributed by atoms with van der Waals surface area (Å²) in [5.41, 5.74) is 2.07. The number of Topliss-reactive ketones (excluding diaryl/α,β-unsaturated/α-hetero) is 1. The van der Waals surface area contributed by atoms with Crippen LogP contribution in [-0.4, -0.2) is 26.1 Å². The van der Waals surface area contributed by atoms with Gasteiger partial charge in [0, 0.05) is 12.5 Å². The summed E-state index contributed by atoms with van der Waals surface area (Å²) in [7, 11) is -1.99. The summed E-state index contributed by atoms with van der Waals surface area (Å²) < 4.78 is 6.13. The van der Waals surface area contributed by atoms with Crippen LogP contribution in [0.15, 0.2) is 22.9 Å². The maximum Gasteiger partial charge on any atom is 0.191 e. The first-order valence-corrected chi connectivity index (χ1v) is 11.8. The Morgan fingerprint density at radius 1 is 1.12 bits per heavy atom. The third kappa shape index (κ3) is 2.88. The van der Waals surface area contributed by atoms with E-state index in [9.17, 15) is 4.79 Å². The van der Waals surface area contributed by atoms with Crippen LogP contribution < -0.4 is 0 Å². The van der Waals surface area contributed by atoms with E-state index < -0.39 is 13.7 Å². The highest BCUT2D eigenvalue weighted by Gasteiger charge is 2.59. The van der Waals surface area contributed by atoms with Gasteiger partial charge in [0.1, 0.15) is 0 Å². The minimum Gasteiger partial charge on any atom is -0.362 e. The number of ketones is 1. The van der Waals surface area contributed by atoms with Gasteiger partial charge in [0.15, 0.2) is 11.4 Å². The lowest BCUT2D eigenvalue weighted by Gasteiger charge is -2.45. The number of hydrogen-bond donors (Lipinski definition) is 0. The van der Waals surface area contributed by atoms with Crippen molar-refractivity contribution in [1.29, 1.82) is 0 Å². The molecule has 138 valence electrons. The molecule has 3 heteroatoms. The highest BCUT2D eigenvalue weighted by atomic mass is 28.3. The van der Waals surface area contributed by atoms with Crippen molar-refractivity contribution in [2.24, 2.45) is 5.92 Å². The Kier molecular flexibility index (Phi) is 6.85. The molecule has 2 atom stereocenters. The quantitative estimate of drug-likeness (QED) is 0.410. The SMILES string of the molecule is C/C=C/[C@]1(OCC)C(=O)C([Si](C(C)C)(C(C)C)C(C)C)=C(C)[C@H]1C. The van der Waals surface area contributed by atoms with Gasteiger partial charge in [-0.15, -0.1) is 0 Å². The summed E-state index contributed by atoms with van der Waals surface area (Å²) in [5.74, 6) is 0.356. The van der Waals surface area contributed by atoms with Crippen LogP contribution in [0.2, 0.25) is 16.6 Å². The zero-order valence-electron chi connectivity index (χ0n) is 17.5. The Morgan fingerprint density at radius 3 is 1.92 bits per heavy atom. The van der Waals surface area contributed by atoms with E-state index in [1.807, 2.05) is 26.0 Å². The smallest absolute Gasteiger partial charge is 0.191 e. The molecule has 0 radical (unpaired) electrons. The van der Waals surface area contributed by atoms with Gasteiger partial charge in [-0.25, -0.2) is 0 Å². The van der Waals surface area contributed by atoms with Crippen LogP contribution in [0.5, 0.6) is 0 Å². The average molecular weight is 351 g/mol. The van der Waals surface area contributed by atoms with Crippen molar-refractivity contribution >= 4 is 13.9 Å². The van der Waals surface area contributed by atoms with Gasteiger partial charge in [0.05, 0.1) is 8.07 Å². The van der Waals surface area contributed by atoms with Crippen LogP contribution >= 0.6 is 0 Å². The van der Waals surface area contributed by atoms with Gasteiger partial charge in [0.2, 0.25) is 0 Å². The monoisotopic (exact) mass is 350 g/mol. The molecule has 0 bridgehead atoms. The fourth-order valence-corrected chi connectivity index (χ4v) is 12.7. The largest absolute Gasteiger partial charge is 0.362 e. The number of hydrogen-bond acceptors (Lipinski definition) is 2. The van der Waals surface area contributed by atoms with Crippen LogP contribution in [0.4, 0.5) is 0 Å². The molecule has 0 aliphatic heterocycles. The molecule has 0 unspecified atom stereocenters. The first-order valence-electron chi connectivity index (χ1n) is 9.59. The fraction of sp³-hybridized carbons (Fsp3) is 0.762. The maximum absolute atomic E-state index is 13.8. The molecule has 0 N–H and O–H groups in total. The zero-order valence-corrected chi connectivity index (χ0v) is 18.5. The highest BCUT2D eigenvalue weighted by molar-refractivity contribution is 6.94. The molecule has 0 heterocycles.